The Morgan fingerprint density at radius 2 is 2.24 bits per heavy atom. The molecule has 0 saturated carbocycles. The molecule has 17 heavy (non-hydrogen) atoms. The van der Waals surface area contributed by atoms with E-state index in [-0.39, 0.29) is 0 Å². The molecule has 1 aromatic carbocycles. The molecule has 0 amide bonds. The maximum absolute atomic E-state index is 5.43. The molecule has 1 fully saturated rings. The van der Waals surface area contributed by atoms with Gasteiger partial charge in [0.1, 0.15) is 0 Å². The highest BCUT2D eigenvalue weighted by atomic mass is 16.5. The molecule has 2 atom stereocenters. The number of hydrogen-bond acceptors (Lipinski definition) is 2. The van der Waals surface area contributed by atoms with E-state index in [0.717, 1.165) is 19.8 Å². The summed E-state index contributed by atoms with van der Waals surface area (Å²) in [4.78, 5) is 0. The van der Waals surface area contributed by atoms with E-state index in [1.165, 1.54) is 23.1 Å². The van der Waals surface area contributed by atoms with Gasteiger partial charge in [0.05, 0.1) is 6.61 Å². The molecule has 1 N–H and O–H groups in total. The third-order valence-corrected chi connectivity index (χ3v) is 3.78. The Morgan fingerprint density at radius 1 is 1.41 bits per heavy atom. The predicted octanol–water partition coefficient (Wildman–Crippen LogP) is 2.82. The first-order chi connectivity index (χ1) is 8.16. The lowest BCUT2D eigenvalue weighted by molar-refractivity contribution is 0.178. The summed E-state index contributed by atoms with van der Waals surface area (Å²) in [6, 6.07) is 7.21. The second-order valence-corrected chi connectivity index (χ2v) is 5.22. The number of hydrogen-bond donors (Lipinski definition) is 1. The first-order valence-electron chi connectivity index (χ1n) is 6.54. The van der Waals surface area contributed by atoms with E-state index in [2.05, 4.69) is 44.3 Å². The largest absolute Gasteiger partial charge is 0.381 e. The average Bonchev–Trinajstić information content (AvgIpc) is 2.81. The molecule has 0 aliphatic carbocycles. The van der Waals surface area contributed by atoms with Crippen LogP contribution in [0.1, 0.15) is 30.0 Å². The summed E-state index contributed by atoms with van der Waals surface area (Å²) < 4.78 is 5.43. The van der Waals surface area contributed by atoms with Gasteiger partial charge in [-0.15, -0.1) is 0 Å². The lowest BCUT2D eigenvalue weighted by Gasteiger charge is -2.20. The third-order valence-electron chi connectivity index (χ3n) is 3.78. The van der Waals surface area contributed by atoms with Crippen LogP contribution in [0.3, 0.4) is 0 Å². The van der Waals surface area contributed by atoms with Crippen LogP contribution in [0.15, 0.2) is 18.2 Å². The van der Waals surface area contributed by atoms with E-state index in [4.69, 9.17) is 4.74 Å². The van der Waals surface area contributed by atoms with Gasteiger partial charge in [-0.05, 0) is 44.2 Å². The van der Waals surface area contributed by atoms with Crippen LogP contribution in [0.5, 0.6) is 0 Å². The van der Waals surface area contributed by atoms with Gasteiger partial charge in [-0.1, -0.05) is 23.8 Å². The summed E-state index contributed by atoms with van der Waals surface area (Å²) in [7, 11) is 0. The molecule has 94 valence electrons. The minimum atomic E-state index is 0.540. The maximum atomic E-state index is 5.43. The second-order valence-electron chi connectivity index (χ2n) is 5.22. The van der Waals surface area contributed by atoms with Crippen molar-refractivity contribution in [3.8, 4) is 0 Å². The summed E-state index contributed by atoms with van der Waals surface area (Å²) >= 11 is 0. The Balaban J connectivity index is 1.88. The summed E-state index contributed by atoms with van der Waals surface area (Å²) in [5, 5.41) is 3.62. The SMILES string of the molecule is Cc1ccc(CNC(C)C2CCOC2)c(C)c1. The minimum absolute atomic E-state index is 0.540. The number of nitrogens with one attached hydrogen (secondary N) is 1. The van der Waals surface area contributed by atoms with Crippen molar-refractivity contribution in [3.05, 3.63) is 34.9 Å². The number of aryl methyl sites for hydroxylation is 2. The fourth-order valence-electron chi connectivity index (χ4n) is 2.43. The molecular weight excluding hydrogens is 210 g/mol. The topological polar surface area (TPSA) is 21.3 Å². The van der Waals surface area contributed by atoms with Gasteiger partial charge in [-0.2, -0.15) is 0 Å². The normalized spacial score (nSPS) is 21.7. The highest BCUT2D eigenvalue weighted by Crippen LogP contribution is 2.17. The smallest absolute Gasteiger partial charge is 0.0509 e. The molecule has 1 saturated heterocycles. The summed E-state index contributed by atoms with van der Waals surface area (Å²) in [6.45, 7) is 9.41. The number of benzene rings is 1. The second kappa shape index (κ2) is 5.65. The van der Waals surface area contributed by atoms with Crippen molar-refractivity contribution in [2.45, 2.75) is 39.8 Å². The average molecular weight is 233 g/mol. The Kier molecular flexibility index (Phi) is 4.19. The van der Waals surface area contributed by atoms with Crippen LogP contribution >= 0.6 is 0 Å². The van der Waals surface area contributed by atoms with Crippen LogP contribution in [0.4, 0.5) is 0 Å². The van der Waals surface area contributed by atoms with Crippen molar-refractivity contribution in [1.29, 1.82) is 0 Å². The van der Waals surface area contributed by atoms with E-state index in [0.29, 0.717) is 12.0 Å². The molecule has 1 aromatic rings. The molecule has 2 unspecified atom stereocenters. The lowest BCUT2D eigenvalue weighted by Crippen LogP contribution is -2.33. The predicted molar refractivity (Wildman–Crippen MR) is 71.1 cm³/mol. The van der Waals surface area contributed by atoms with Crippen LogP contribution in [-0.2, 0) is 11.3 Å². The molecule has 0 radical (unpaired) electrons. The van der Waals surface area contributed by atoms with Gasteiger partial charge in [-0.25, -0.2) is 0 Å². The van der Waals surface area contributed by atoms with Gasteiger partial charge in [0.15, 0.2) is 0 Å². The van der Waals surface area contributed by atoms with Gasteiger partial charge in [0, 0.05) is 19.2 Å². The molecule has 2 nitrogen and oxygen atoms in total. The Labute approximate surface area is 104 Å². The van der Waals surface area contributed by atoms with E-state index in [1.807, 2.05) is 0 Å². The van der Waals surface area contributed by atoms with Crippen molar-refractivity contribution >= 4 is 0 Å². The first kappa shape index (κ1) is 12.6. The van der Waals surface area contributed by atoms with Crippen molar-refractivity contribution in [2.75, 3.05) is 13.2 Å². The zero-order valence-electron chi connectivity index (χ0n) is 11.1. The minimum Gasteiger partial charge on any atom is -0.381 e. The van der Waals surface area contributed by atoms with Gasteiger partial charge in [0.2, 0.25) is 0 Å². The molecule has 0 aromatic heterocycles. The van der Waals surface area contributed by atoms with E-state index in [9.17, 15) is 0 Å². The number of ether oxygens (including phenoxy) is 1. The van der Waals surface area contributed by atoms with Crippen LogP contribution in [0.25, 0.3) is 0 Å². The van der Waals surface area contributed by atoms with Gasteiger partial charge in [0.25, 0.3) is 0 Å². The Morgan fingerprint density at radius 3 is 2.88 bits per heavy atom. The standard InChI is InChI=1S/C15H23NO/c1-11-4-5-14(12(2)8-11)9-16-13(3)15-6-7-17-10-15/h4-5,8,13,15-16H,6-7,9-10H2,1-3H3. The van der Waals surface area contributed by atoms with Crippen molar-refractivity contribution in [3.63, 3.8) is 0 Å². The summed E-state index contributed by atoms with van der Waals surface area (Å²) in [5.41, 5.74) is 4.12. The zero-order chi connectivity index (χ0) is 12.3. The van der Waals surface area contributed by atoms with Crippen LogP contribution in [0, 0.1) is 19.8 Å². The monoisotopic (exact) mass is 233 g/mol. The molecule has 0 bridgehead atoms. The van der Waals surface area contributed by atoms with Gasteiger partial charge >= 0.3 is 0 Å². The van der Waals surface area contributed by atoms with E-state index in [1.54, 1.807) is 0 Å². The summed E-state index contributed by atoms with van der Waals surface area (Å²) in [5.74, 6) is 0.681. The zero-order valence-corrected chi connectivity index (χ0v) is 11.1. The van der Waals surface area contributed by atoms with Crippen molar-refractivity contribution in [2.24, 2.45) is 5.92 Å². The lowest BCUT2D eigenvalue weighted by atomic mass is 10.00. The number of rotatable bonds is 4. The molecule has 2 rings (SSSR count). The van der Waals surface area contributed by atoms with E-state index >= 15 is 0 Å². The molecule has 1 aliphatic heterocycles. The van der Waals surface area contributed by atoms with Crippen LogP contribution in [-0.4, -0.2) is 19.3 Å². The molecule has 0 spiro atoms. The van der Waals surface area contributed by atoms with Crippen molar-refractivity contribution in [1.82, 2.24) is 5.32 Å². The van der Waals surface area contributed by atoms with E-state index < -0.39 is 0 Å². The molecule has 1 heterocycles. The fourth-order valence-corrected chi connectivity index (χ4v) is 2.43. The molecular formula is C15H23NO. The van der Waals surface area contributed by atoms with Gasteiger partial charge in [-0.3, -0.25) is 0 Å². The van der Waals surface area contributed by atoms with Crippen LogP contribution < -0.4 is 5.32 Å². The molecule has 1 aliphatic rings. The highest BCUT2D eigenvalue weighted by Gasteiger charge is 2.21. The van der Waals surface area contributed by atoms with Crippen LogP contribution in [0.2, 0.25) is 0 Å². The quantitative estimate of drug-likeness (QED) is 0.863. The maximum Gasteiger partial charge on any atom is 0.0509 e. The Hall–Kier alpha value is -0.860. The highest BCUT2D eigenvalue weighted by molar-refractivity contribution is 5.30. The first-order valence-corrected chi connectivity index (χ1v) is 6.54. The van der Waals surface area contributed by atoms with Crippen molar-refractivity contribution < 1.29 is 4.74 Å². The summed E-state index contributed by atoms with van der Waals surface area (Å²) in [6.07, 6.45) is 1.20. The molecule has 2 heteroatoms. The Bertz CT molecular complexity index is 369. The fraction of sp³-hybridized carbons (Fsp3) is 0.600. The third kappa shape index (κ3) is 3.30. The van der Waals surface area contributed by atoms with Gasteiger partial charge < -0.3 is 10.1 Å².